The largest absolute Gasteiger partial charge is 0.466 e. The van der Waals surface area contributed by atoms with E-state index in [-0.39, 0.29) is 18.5 Å². The van der Waals surface area contributed by atoms with E-state index in [0.717, 1.165) is 51.4 Å². The van der Waals surface area contributed by atoms with Crippen LogP contribution in [0.5, 0.6) is 0 Å². The molecule has 0 aromatic heterocycles. The molecule has 0 fully saturated rings. The number of amides is 1. The van der Waals surface area contributed by atoms with Crippen molar-refractivity contribution in [2.45, 2.75) is 347 Å². The zero-order chi connectivity index (χ0) is 49.3. The van der Waals surface area contributed by atoms with E-state index in [0.29, 0.717) is 25.9 Å². The minimum Gasteiger partial charge on any atom is -0.466 e. The Kier molecular flexibility index (Phi) is 56.5. The van der Waals surface area contributed by atoms with Crippen LogP contribution < -0.4 is 5.32 Å². The molecule has 0 aliphatic carbocycles. The number of hydrogen-bond donors (Lipinski definition) is 3. The lowest BCUT2D eigenvalue weighted by Gasteiger charge is -2.22. The minimum absolute atomic E-state index is 0.0119. The molecule has 1 amide bonds. The van der Waals surface area contributed by atoms with Crippen LogP contribution in [0.1, 0.15) is 335 Å². The summed E-state index contributed by atoms with van der Waals surface area (Å²) in [4.78, 5) is 24.5. The molecule has 6 heteroatoms. The van der Waals surface area contributed by atoms with Crippen molar-refractivity contribution in [2.24, 2.45) is 0 Å². The summed E-state index contributed by atoms with van der Waals surface area (Å²) in [6, 6.07) is -0.547. The van der Waals surface area contributed by atoms with Crippen molar-refractivity contribution in [3.05, 3.63) is 24.3 Å². The molecule has 0 aliphatic rings. The highest BCUT2D eigenvalue weighted by molar-refractivity contribution is 5.76. The van der Waals surface area contributed by atoms with Gasteiger partial charge in [-0.2, -0.15) is 0 Å². The van der Waals surface area contributed by atoms with E-state index >= 15 is 0 Å². The van der Waals surface area contributed by atoms with Crippen molar-refractivity contribution >= 4 is 11.9 Å². The monoisotopic (exact) mass is 958 g/mol. The van der Waals surface area contributed by atoms with Crippen LogP contribution in [0.3, 0.4) is 0 Å². The molecule has 2 unspecified atom stereocenters. The Balaban J connectivity index is 3.39. The second-order valence-electron chi connectivity index (χ2n) is 21.0. The van der Waals surface area contributed by atoms with Gasteiger partial charge in [-0.05, 0) is 57.8 Å². The molecule has 0 radical (unpaired) electrons. The average molecular weight is 959 g/mol. The Morgan fingerprint density at radius 3 is 1.12 bits per heavy atom. The zero-order valence-electron chi connectivity index (χ0n) is 45.9. The molecular formula is C62H119NO5. The number of carbonyl (C=O) groups is 2. The minimum atomic E-state index is -0.668. The third-order valence-electron chi connectivity index (χ3n) is 14.3. The van der Waals surface area contributed by atoms with Gasteiger partial charge in [0.1, 0.15) is 0 Å². The van der Waals surface area contributed by atoms with Gasteiger partial charge in [0, 0.05) is 12.8 Å². The lowest BCUT2D eigenvalue weighted by Crippen LogP contribution is -2.45. The van der Waals surface area contributed by atoms with E-state index in [1.807, 2.05) is 0 Å². The maximum Gasteiger partial charge on any atom is 0.305 e. The Morgan fingerprint density at radius 1 is 0.412 bits per heavy atom. The summed E-state index contributed by atoms with van der Waals surface area (Å²) in [6.07, 6.45) is 70.6. The molecule has 68 heavy (non-hydrogen) atoms. The maximum absolute atomic E-state index is 12.4. The number of rotatable bonds is 57. The summed E-state index contributed by atoms with van der Waals surface area (Å²) >= 11 is 0. The second kappa shape index (κ2) is 57.9. The predicted octanol–water partition coefficient (Wildman–Crippen LogP) is 19.0. The Hall–Kier alpha value is -1.66. The number of hydrogen-bond acceptors (Lipinski definition) is 5. The molecule has 0 rings (SSSR count). The highest BCUT2D eigenvalue weighted by atomic mass is 16.5. The van der Waals surface area contributed by atoms with Gasteiger partial charge in [0.2, 0.25) is 5.91 Å². The zero-order valence-corrected chi connectivity index (χ0v) is 45.9. The summed E-state index contributed by atoms with van der Waals surface area (Å²) in [5.41, 5.74) is 0. The Labute approximate surface area is 424 Å². The quantitative estimate of drug-likeness (QED) is 0.0321. The fourth-order valence-corrected chi connectivity index (χ4v) is 9.55. The van der Waals surface area contributed by atoms with E-state index in [4.69, 9.17) is 4.74 Å². The molecule has 0 heterocycles. The number of ether oxygens (including phenoxy) is 1. The highest BCUT2D eigenvalue weighted by Crippen LogP contribution is 2.17. The van der Waals surface area contributed by atoms with Crippen molar-refractivity contribution in [1.29, 1.82) is 0 Å². The van der Waals surface area contributed by atoms with E-state index < -0.39 is 12.1 Å². The standard InChI is InChI=1S/C62H119NO5/c1-3-5-7-9-11-13-14-15-16-17-23-27-30-33-36-40-44-48-52-56-62(67)68-57-53-49-45-41-37-34-31-28-25-22-20-18-19-21-24-26-29-32-35-39-43-47-51-55-61(66)63-59(58-64)60(65)54-50-46-42-38-12-10-8-6-4-2/h18,20-21,24,59-60,64-65H,3-17,19,22-23,25-58H2,1-2H3,(H,63,66)/b20-18-,24-21-. The van der Waals surface area contributed by atoms with E-state index in [2.05, 4.69) is 43.5 Å². The van der Waals surface area contributed by atoms with Crippen LogP contribution >= 0.6 is 0 Å². The van der Waals surface area contributed by atoms with E-state index in [1.54, 1.807) is 0 Å². The molecule has 0 aliphatic heterocycles. The van der Waals surface area contributed by atoms with Crippen molar-refractivity contribution in [1.82, 2.24) is 5.32 Å². The Bertz CT molecular complexity index is 1060. The van der Waals surface area contributed by atoms with E-state index in [1.165, 1.54) is 250 Å². The summed E-state index contributed by atoms with van der Waals surface area (Å²) in [5.74, 6) is -0.0353. The van der Waals surface area contributed by atoms with Crippen molar-refractivity contribution in [3.63, 3.8) is 0 Å². The van der Waals surface area contributed by atoms with Gasteiger partial charge >= 0.3 is 5.97 Å². The molecule has 0 spiro atoms. The van der Waals surface area contributed by atoms with Gasteiger partial charge in [0.15, 0.2) is 0 Å². The van der Waals surface area contributed by atoms with Crippen molar-refractivity contribution < 1.29 is 24.5 Å². The molecule has 0 aromatic carbocycles. The molecule has 0 saturated heterocycles. The first-order valence-corrected chi connectivity index (χ1v) is 30.6. The van der Waals surface area contributed by atoms with Crippen LogP contribution in [0.4, 0.5) is 0 Å². The number of unbranched alkanes of at least 4 members (excludes halogenated alkanes) is 42. The topological polar surface area (TPSA) is 95.9 Å². The number of aliphatic hydroxyl groups is 2. The van der Waals surface area contributed by atoms with Gasteiger partial charge in [-0.25, -0.2) is 0 Å². The molecule has 3 N–H and O–H groups in total. The van der Waals surface area contributed by atoms with Gasteiger partial charge in [-0.15, -0.1) is 0 Å². The molecule has 0 saturated carbocycles. The average Bonchev–Trinajstić information content (AvgIpc) is 3.34. The lowest BCUT2D eigenvalue weighted by atomic mass is 10.0. The highest BCUT2D eigenvalue weighted by Gasteiger charge is 2.20. The van der Waals surface area contributed by atoms with Gasteiger partial charge < -0.3 is 20.3 Å². The van der Waals surface area contributed by atoms with Crippen LogP contribution in [-0.4, -0.2) is 47.4 Å². The molecule has 2 atom stereocenters. The van der Waals surface area contributed by atoms with Crippen LogP contribution in [-0.2, 0) is 14.3 Å². The first-order valence-electron chi connectivity index (χ1n) is 30.6. The lowest BCUT2D eigenvalue weighted by molar-refractivity contribution is -0.143. The maximum atomic E-state index is 12.4. The smallest absolute Gasteiger partial charge is 0.305 e. The van der Waals surface area contributed by atoms with Crippen LogP contribution in [0.15, 0.2) is 24.3 Å². The normalized spacial score (nSPS) is 12.7. The summed E-state index contributed by atoms with van der Waals surface area (Å²) < 4.78 is 5.50. The van der Waals surface area contributed by atoms with Gasteiger partial charge in [0.05, 0.1) is 25.4 Å². The molecule has 402 valence electrons. The Morgan fingerprint density at radius 2 is 0.735 bits per heavy atom. The SMILES string of the molecule is CCCCCCCCCCCCCCCCCCCCCC(=O)OCCCCCCCCCCC/C=C\C/C=C\CCCCCCCCCC(=O)NC(CO)C(O)CCCCCCCCCCC. The number of carbonyl (C=O) groups excluding carboxylic acids is 2. The number of aliphatic hydroxyl groups excluding tert-OH is 2. The van der Waals surface area contributed by atoms with Crippen LogP contribution in [0.25, 0.3) is 0 Å². The van der Waals surface area contributed by atoms with Gasteiger partial charge in [0.25, 0.3) is 0 Å². The number of esters is 1. The molecular weight excluding hydrogens is 839 g/mol. The first kappa shape index (κ1) is 66.3. The summed E-state index contributed by atoms with van der Waals surface area (Å²) in [6.45, 7) is 4.94. The summed E-state index contributed by atoms with van der Waals surface area (Å²) in [7, 11) is 0. The fourth-order valence-electron chi connectivity index (χ4n) is 9.55. The van der Waals surface area contributed by atoms with Crippen LogP contribution in [0.2, 0.25) is 0 Å². The second-order valence-corrected chi connectivity index (χ2v) is 21.0. The molecule has 0 bridgehead atoms. The fraction of sp³-hybridized carbons (Fsp3) is 0.903. The van der Waals surface area contributed by atoms with E-state index in [9.17, 15) is 19.8 Å². The number of nitrogens with one attached hydrogen (secondary N) is 1. The van der Waals surface area contributed by atoms with Crippen LogP contribution in [0, 0.1) is 0 Å². The predicted molar refractivity (Wildman–Crippen MR) is 296 cm³/mol. The molecule has 0 aromatic rings. The summed E-state index contributed by atoms with van der Waals surface area (Å²) in [5, 5.41) is 23.1. The van der Waals surface area contributed by atoms with Gasteiger partial charge in [-0.3, -0.25) is 9.59 Å². The van der Waals surface area contributed by atoms with Crippen molar-refractivity contribution in [3.8, 4) is 0 Å². The third-order valence-corrected chi connectivity index (χ3v) is 14.3. The third kappa shape index (κ3) is 53.7. The number of allylic oxidation sites excluding steroid dienone is 4. The van der Waals surface area contributed by atoms with Crippen molar-refractivity contribution in [2.75, 3.05) is 13.2 Å². The van der Waals surface area contributed by atoms with Gasteiger partial charge in [-0.1, -0.05) is 289 Å². The first-order chi connectivity index (χ1) is 33.5. The molecule has 6 nitrogen and oxygen atoms in total.